The molecule has 1 saturated heterocycles. The van der Waals surface area contributed by atoms with E-state index in [0.717, 1.165) is 36.4 Å². The van der Waals surface area contributed by atoms with E-state index in [4.69, 9.17) is 5.73 Å². The van der Waals surface area contributed by atoms with E-state index in [9.17, 15) is 0 Å². The molecule has 1 heterocycles. The maximum Gasteiger partial charge on any atom is 0.0101 e. The second kappa shape index (κ2) is 5.71. The lowest BCUT2D eigenvalue weighted by Gasteiger charge is -2.46. The zero-order valence-electron chi connectivity index (χ0n) is 11.9. The van der Waals surface area contributed by atoms with Crippen molar-refractivity contribution in [3.05, 3.63) is 0 Å². The van der Waals surface area contributed by atoms with Crippen molar-refractivity contribution in [3.8, 4) is 0 Å². The van der Waals surface area contributed by atoms with Crippen molar-refractivity contribution in [3.63, 3.8) is 0 Å². The van der Waals surface area contributed by atoms with E-state index in [2.05, 4.69) is 25.7 Å². The molecule has 2 aliphatic rings. The molecule has 1 saturated carbocycles. The first-order chi connectivity index (χ1) is 8.11. The molecule has 0 aromatic heterocycles. The van der Waals surface area contributed by atoms with Gasteiger partial charge in [0.15, 0.2) is 0 Å². The predicted octanol–water partition coefficient (Wildman–Crippen LogP) is 2.87. The van der Waals surface area contributed by atoms with E-state index >= 15 is 0 Å². The van der Waals surface area contributed by atoms with Crippen LogP contribution in [0.4, 0.5) is 0 Å². The number of piperidine rings is 1. The van der Waals surface area contributed by atoms with Crippen LogP contribution in [0, 0.1) is 17.8 Å². The molecular weight excluding hydrogens is 208 g/mol. The van der Waals surface area contributed by atoms with Crippen molar-refractivity contribution < 1.29 is 0 Å². The van der Waals surface area contributed by atoms with Crippen LogP contribution in [0.5, 0.6) is 0 Å². The smallest absolute Gasteiger partial charge is 0.0101 e. The summed E-state index contributed by atoms with van der Waals surface area (Å²) >= 11 is 0. The molecule has 0 bridgehead atoms. The first-order valence-electron chi connectivity index (χ1n) is 7.57. The molecule has 5 unspecified atom stereocenters. The fourth-order valence-corrected chi connectivity index (χ4v) is 3.73. The Kier molecular flexibility index (Phi) is 4.48. The number of hydrogen-bond donors (Lipinski definition) is 1. The molecule has 0 radical (unpaired) electrons. The molecule has 0 amide bonds. The topological polar surface area (TPSA) is 29.3 Å². The largest absolute Gasteiger partial charge is 0.330 e. The maximum absolute atomic E-state index is 5.86. The van der Waals surface area contributed by atoms with Gasteiger partial charge in [0.25, 0.3) is 0 Å². The lowest BCUT2D eigenvalue weighted by Crippen LogP contribution is -2.51. The Morgan fingerprint density at radius 3 is 2.41 bits per heavy atom. The summed E-state index contributed by atoms with van der Waals surface area (Å²) in [5.41, 5.74) is 5.86. The van der Waals surface area contributed by atoms with Gasteiger partial charge in [-0.2, -0.15) is 0 Å². The average molecular weight is 238 g/mol. The number of rotatable bonds is 2. The Morgan fingerprint density at radius 1 is 1.00 bits per heavy atom. The molecule has 17 heavy (non-hydrogen) atoms. The van der Waals surface area contributed by atoms with Crippen LogP contribution in [0.1, 0.15) is 52.9 Å². The predicted molar refractivity (Wildman–Crippen MR) is 73.9 cm³/mol. The monoisotopic (exact) mass is 238 g/mol. The summed E-state index contributed by atoms with van der Waals surface area (Å²) in [4.78, 5) is 2.78. The molecule has 0 aromatic carbocycles. The first-order valence-corrected chi connectivity index (χ1v) is 7.57. The van der Waals surface area contributed by atoms with Gasteiger partial charge in [-0.05, 0) is 63.3 Å². The quantitative estimate of drug-likeness (QED) is 0.801. The molecule has 2 N–H and O–H groups in total. The number of nitrogens with zero attached hydrogens (tertiary/aromatic N) is 1. The summed E-state index contributed by atoms with van der Waals surface area (Å²) in [7, 11) is 0. The van der Waals surface area contributed by atoms with Gasteiger partial charge in [0.05, 0.1) is 0 Å². The highest BCUT2D eigenvalue weighted by Gasteiger charge is 2.34. The highest BCUT2D eigenvalue weighted by molar-refractivity contribution is 4.88. The normalized spacial score (nSPS) is 44.8. The van der Waals surface area contributed by atoms with E-state index in [1.165, 1.54) is 38.6 Å². The van der Waals surface area contributed by atoms with Crippen LogP contribution in [-0.2, 0) is 0 Å². The Morgan fingerprint density at radius 2 is 1.76 bits per heavy atom. The molecule has 2 heteroatoms. The van der Waals surface area contributed by atoms with Crippen molar-refractivity contribution in [2.75, 3.05) is 13.1 Å². The molecule has 1 aliphatic heterocycles. The summed E-state index contributed by atoms with van der Waals surface area (Å²) in [5, 5.41) is 0. The lowest BCUT2D eigenvalue weighted by atomic mass is 9.77. The van der Waals surface area contributed by atoms with Crippen LogP contribution in [0.2, 0.25) is 0 Å². The Balaban J connectivity index is 1.95. The van der Waals surface area contributed by atoms with Crippen LogP contribution in [0.25, 0.3) is 0 Å². The molecule has 2 nitrogen and oxygen atoms in total. The van der Waals surface area contributed by atoms with Gasteiger partial charge in [0, 0.05) is 18.6 Å². The van der Waals surface area contributed by atoms with Gasteiger partial charge in [-0.15, -0.1) is 0 Å². The standard InChI is InChI=1S/C15H30N2/c1-11-4-7-15(8-12(11)2)17-10-14(9-16)6-5-13(17)3/h11-15H,4-10,16H2,1-3H3. The van der Waals surface area contributed by atoms with Gasteiger partial charge < -0.3 is 5.73 Å². The molecule has 0 aromatic rings. The third-order valence-corrected chi connectivity index (χ3v) is 5.40. The lowest BCUT2D eigenvalue weighted by molar-refractivity contribution is 0.0342. The molecule has 5 atom stereocenters. The molecule has 2 rings (SSSR count). The van der Waals surface area contributed by atoms with Crippen LogP contribution < -0.4 is 5.73 Å². The summed E-state index contributed by atoms with van der Waals surface area (Å²) in [5.74, 6) is 2.58. The average Bonchev–Trinajstić information content (AvgIpc) is 2.33. The van der Waals surface area contributed by atoms with Crippen LogP contribution in [0.15, 0.2) is 0 Å². The Hall–Kier alpha value is -0.0800. The summed E-state index contributed by atoms with van der Waals surface area (Å²) < 4.78 is 0. The van der Waals surface area contributed by atoms with Crippen molar-refractivity contribution in [2.45, 2.75) is 65.0 Å². The third-order valence-electron chi connectivity index (χ3n) is 5.40. The molecule has 1 aliphatic carbocycles. The van der Waals surface area contributed by atoms with E-state index in [-0.39, 0.29) is 0 Å². The minimum absolute atomic E-state index is 0.751. The molecule has 2 fully saturated rings. The van der Waals surface area contributed by atoms with Crippen molar-refractivity contribution in [2.24, 2.45) is 23.5 Å². The fourth-order valence-electron chi connectivity index (χ4n) is 3.73. The highest BCUT2D eigenvalue weighted by Crippen LogP contribution is 2.35. The second-order valence-electron chi connectivity index (χ2n) is 6.65. The van der Waals surface area contributed by atoms with Gasteiger partial charge in [-0.1, -0.05) is 13.8 Å². The minimum Gasteiger partial charge on any atom is -0.330 e. The number of likely N-dealkylation sites (tertiary alicyclic amines) is 1. The van der Waals surface area contributed by atoms with E-state index in [0.29, 0.717) is 0 Å². The summed E-state index contributed by atoms with van der Waals surface area (Å²) in [6.07, 6.45) is 6.92. The van der Waals surface area contributed by atoms with Gasteiger partial charge in [0.2, 0.25) is 0 Å². The van der Waals surface area contributed by atoms with E-state index < -0.39 is 0 Å². The van der Waals surface area contributed by atoms with Gasteiger partial charge in [-0.3, -0.25) is 4.90 Å². The minimum atomic E-state index is 0.751. The zero-order chi connectivity index (χ0) is 12.4. The second-order valence-corrected chi connectivity index (χ2v) is 6.65. The summed E-state index contributed by atoms with van der Waals surface area (Å²) in [6.45, 7) is 9.40. The van der Waals surface area contributed by atoms with Crippen molar-refractivity contribution in [1.29, 1.82) is 0 Å². The van der Waals surface area contributed by atoms with Crippen molar-refractivity contribution >= 4 is 0 Å². The highest BCUT2D eigenvalue weighted by atomic mass is 15.2. The van der Waals surface area contributed by atoms with E-state index in [1.807, 2.05) is 0 Å². The van der Waals surface area contributed by atoms with Gasteiger partial charge in [-0.25, -0.2) is 0 Å². The first kappa shape index (κ1) is 13.4. The zero-order valence-corrected chi connectivity index (χ0v) is 11.9. The molecule has 0 spiro atoms. The van der Waals surface area contributed by atoms with E-state index in [1.54, 1.807) is 0 Å². The molecular formula is C15H30N2. The van der Waals surface area contributed by atoms with Crippen LogP contribution >= 0.6 is 0 Å². The van der Waals surface area contributed by atoms with Crippen LogP contribution in [0.3, 0.4) is 0 Å². The van der Waals surface area contributed by atoms with Gasteiger partial charge in [0.1, 0.15) is 0 Å². The van der Waals surface area contributed by atoms with Gasteiger partial charge >= 0.3 is 0 Å². The summed E-state index contributed by atoms with van der Waals surface area (Å²) in [6, 6.07) is 1.62. The number of hydrogen-bond acceptors (Lipinski definition) is 2. The number of nitrogens with two attached hydrogens (primary N) is 1. The molecule has 100 valence electrons. The third kappa shape index (κ3) is 3.03. The Bertz CT molecular complexity index is 241. The SMILES string of the molecule is CC1CCC(N2CC(CN)CCC2C)CC1C. The van der Waals surface area contributed by atoms with Crippen molar-refractivity contribution in [1.82, 2.24) is 4.90 Å². The maximum atomic E-state index is 5.86. The fraction of sp³-hybridized carbons (Fsp3) is 1.00. The van der Waals surface area contributed by atoms with Crippen LogP contribution in [-0.4, -0.2) is 30.1 Å². The Labute approximate surface area is 107 Å².